The standard InChI is InChI=1S/C62H115NO13/c1-3-5-7-9-11-13-15-17-19-21-22-23-24-25-26-27-28-29-30-31-33-35-37-39-41-43-45-51(66)50(63-54(67)46-44-42-40-38-36-34-32-20-18-16-14-12-10-8-6-4-2)49-73-61-59(72)57(70)60(53(48-65)75-61)76-62-58(71)56(69)55(68)52(47-64)74-62/h14,16,20,32,43,45,50-53,55-62,64-66,68-72H,3-13,15,17-19,21-31,33-42,44,46-49H2,1-2H3,(H,63,67)/b16-14-,32-20-,45-43+. The lowest BCUT2D eigenvalue weighted by molar-refractivity contribution is -0.359. The van der Waals surface area contributed by atoms with Crippen molar-refractivity contribution in [1.29, 1.82) is 0 Å². The van der Waals surface area contributed by atoms with E-state index in [1.165, 1.54) is 167 Å². The third-order valence-corrected chi connectivity index (χ3v) is 15.3. The van der Waals surface area contributed by atoms with Crippen LogP contribution in [0.15, 0.2) is 36.5 Å². The number of rotatable bonds is 50. The second-order valence-electron chi connectivity index (χ2n) is 22.2. The molecule has 446 valence electrons. The molecule has 0 aromatic carbocycles. The number of carbonyl (C=O) groups excluding carboxylic acids is 1. The number of carbonyl (C=O) groups is 1. The fraction of sp³-hybridized carbons (Fsp3) is 0.887. The number of aliphatic hydroxyl groups is 8. The van der Waals surface area contributed by atoms with Gasteiger partial charge in [0.1, 0.15) is 48.8 Å². The number of amides is 1. The van der Waals surface area contributed by atoms with Crippen molar-refractivity contribution in [3.05, 3.63) is 36.5 Å². The largest absolute Gasteiger partial charge is 0.394 e. The summed E-state index contributed by atoms with van der Waals surface area (Å²) in [5.41, 5.74) is 0. The molecule has 2 aliphatic rings. The van der Waals surface area contributed by atoms with Gasteiger partial charge in [-0.2, -0.15) is 0 Å². The van der Waals surface area contributed by atoms with E-state index in [0.29, 0.717) is 6.42 Å². The van der Waals surface area contributed by atoms with Crippen LogP contribution in [0.25, 0.3) is 0 Å². The summed E-state index contributed by atoms with van der Waals surface area (Å²) < 4.78 is 22.8. The summed E-state index contributed by atoms with van der Waals surface area (Å²) in [6, 6.07) is -0.922. The molecule has 0 radical (unpaired) electrons. The van der Waals surface area contributed by atoms with Gasteiger partial charge in [-0.3, -0.25) is 4.79 Å². The van der Waals surface area contributed by atoms with Crippen molar-refractivity contribution >= 4 is 5.91 Å². The number of hydrogen-bond acceptors (Lipinski definition) is 13. The second kappa shape index (κ2) is 48.0. The Morgan fingerprint density at radius 2 is 0.868 bits per heavy atom. The van der Waals surface area contributed by atoms with E-state index in [2.05, 4.69) is 43.5 Å². The van der Waals surface area contributed by atoms with Crippen LogP contribution >= 0.6 is 0 Å². The van der Waals surface area contributed by atoms with Gasteiger partial charge in [-0.05, 0) is 51.4 Å². The maximum Gasteiger partial charge on any atom is 0.220 e. The zero-order valence-electron chi connectivity index (χ0n) is 48.0. The Bertz CT molecular complexity index is 1410. The summed E-state index contributed by atoms with van der Waals surface area (Å²) in [5, 5.41) is 87.1. The lowest BCUT2D eigenvalue weighted by Gasteiger charge is -2.46. The molecule has 0 aliphatic carbocycles. The van der Waals surface area contributed by atoms with E-state index in [-0.39, 0.29) is 18.9 Å². The fourth-order valence-electron chi connectivity index (χ4n) is 10.3. The smallest absolute Gasteiger partial charge is 0.220 e. The minimum atomic E-state index is -1.79. The minimum absolute atomic E-state index is 0.251. The van der Waals surface area contributed by atoms with Crippen molar-refractivity contribution in [2.24, 2.45) is 0 Å². The van der Waals surface area contributed by atoms with Gasteiger partial charge in [0.2, 0.25) is 5.91 Å². The molecule has 0 aromatic heterocycles. The highest BCUT2D eigenvalue weighted by Crippen LogP contribution is 2.30. The monoisotopic (exact) mass is 1080 g/mol. The second-order valence-corrected chi connectivity index (χ2v) is 22.2. The van der Waals surface area contributed by atoms with Gasteiger partial charge >= 0.3 is 0 Å². The molecule has 1 amide bonds. The normalized spacial score (nSPS) is 25.1. The van der Waals surface area contributed by atoms with E-state index in [1.54, 1.807) is 6.08 Å². The minimum Gasteiger partial charge on any atom is -0.394 e. The lowest BCUT2D eigenvalue weighted by Crippen LogP contribution is -2.65. The van der Waals surface area contributed by atoms with Crippen molar-refractivity contribution in [2.75, 3.05) is 19.8 Å². The Kier molecular flexibility index (Phi) is 44.4. The Morgan fingerprint density at radius 1 is 0.474 bits per heavy atom. The Morgan fingerprint density at radius 3 is 1.33 bits per heavy atom. The summed E-state index contributed by atoms with van der Waals surface area (Å²) in [6.45, 7) is 2.79. The topological polar surface area (TPSA) is 228 Å². The molecule has 2 aliphatic heterocycles. The fourth-order valence-corrected chi connectivity index (χ4v) is 10.3. The zero-order valence-corrected chi connectivity index (χ0v) is 48.0. The van der Waals surface area contributed by atoms with Crippen molar-refractivity contribution in [2.45, 2.75) is 331 Å². The van der Waals surface area contributed by atoms with Crippen LogP contribution in [0.5, 0.6) is 0 Å². The van der Waals surface area contributed by atoms with Crippen LogP contribution in [-0.2, 0) is 23.7 Å². The maximum absolute atomic E-state index is 13.2. The molecular weight excluding hydrogens is 967 g/mol. The number of allylic oxidation sites excluding steroid dienone is 5. The van der Waals surface area contributed by atoms with Crippen LogP contribution in [-0.4, -0.2) is 140 Å². The Hall–Kier alpha value is -1.79. The van der Waals surface area contributed by atoms with Gasteiger partial charge in [0.25, 0.3) is 0 Å². The Labute approximate surface area is 461 Å². The van der Waals surface area contributed by atoms with Crippen molar-refractivity contribution in [3.63, 3.8) is 0 Å². The molecule has 2 fully saturated rings. The lowest BCUT2D eigenvalue weighted by atomic mass is 9.97. The van der Waals surface area contributed by atoms with Gasteiger partial charge in [-0.1, -0.05) is 237 Å². The van der Waals surface area contributed by atoms with E-state index in [4.69, 9.17) is 18.9 Å². The van der Waals surface area contributed by atoms with Crippen LogP contribution in [0.2, 0.25) is 0 Å². The number of nitrogens with one attached hydrogen (secondary N) is 1. The van der Waals surface area contributed by atoms with E-state index in [9.17, 15) is 45.6 Å². The number of unbranched alkanes of at least 4 members (excludes halogenated alkanes) is 33. The molecule has 14 heteroatoms. The van der Waals surface area contributed by atoms with Crippen molar-refractivity contribution < 1.29 is 64.6 Å². The van der Waals surface area contributed by atoms with Crippen LogP contribution in [0.3, 0.4) is 0 Å². The van der Waals surface area contributed by atoms with Gasteiger partial charge in [0.05, 0.1) is 32.0 Å². The first kappa shape index (κ1) is 70.3. The average Bonchev–Trinajstić information content (AvgIpc) is 3.42. The van der Waals surface area contributed by atoms with Crippen molar-refractivity contribution in [3.8, 4) is 0 Å². The molecule has 0 aromatic rings. The predicted molar refractivity (Wildman–Crippen MR) is 305 cm³/mol. The average molecular weight is 1080 g/mol. The first-order valence-corrected chi connectivity index (χ1v) is 31.2. The number of ether oxygens (including phenoxy) is 4. The third kappa shape index (κ3) is 33.1. The maximum atomic E-state index is 13.2. The molecule has 0 spiro atoms. The molecule has 76 heavy (non-hydrogen) atoms. The molecule has 0 bridgehead atoms. The third-order valence-electron chi connectivity index (χ3n) is 15.3. The highest BCUT2D eigenvalue weighted by Gasteiger charge is 2.51. The molecular formula is C62H115NO13. The van der Waals surface area contributed by atoms with Crippen LogP contribution < -0.4 is 5.32 Å². The summed E-state index contributed by atoms with van der Waals surface area (Å²) in [7, 11) is 0. The molecule has 2 saturated heterocycles. The van der Waals surface area contributed by atoms with Gasteiger partial charge in [-0.25, -0.2) is 0 Å². The van der Waals surface area contributed by atoms with Gasteiger partial charge in [0, 0.05) is 6.42 Å². The van der Waals surface area contributed by atoms with Gasteiger partial charge < -0.3 is 65.1 Å². The van der Waals surface area contributed by atoms with E-state index >= 15 is 0 Å². The van der Waals surface area contributed by atoms with Gasteiger partial charge in [0.15, 0.2) is 12.6 Å². The van der Waals surface area contributed by atoms with Gasteiger partial charge in [-0.15, -0.1) is 0 Å². The summed E-state index contributed by atoms with van der Waals surface area (Å²) in [6.07, 6.45) is 41.9. The van der Waals surface area contributed by atoms with E-state index in [1.807, 2.05) is 6.08 Å². The molecule has 2 heterocycles. The number of aliphatic hydroxyl groups excluding tert-OH is 8. The SMILES string of the molecule is CCCCCC/C=C\C/C=C\CCCCCCCC(=O)NC(COC1OC(CO)C(OC2OC(CO)C(O)C(O)C2O)C(O)C1O)C(O)/C=C/CCCCCCCCCCCCCCCCCCCCCCCCCC. The quantitative estimate of drug-likeness (QED) is 0.0204. The molecule has 14 nitrogen and oxygen atoms in total. The summed E-state index contributed by atoms with van der Waals surface area (Å²) in [4.78, 5) is 13.2. The molecule has 12 atom stereocenters. The molecule has 12 unspecified atom stereocenters. The van der Waals surface area contributed by atoms with E-state index in [0.717, 1.165) is 64.2 Å². The highest BCUT2D eigenvalue weighted by molar-refractivity contribution is 5.76. The molecule has 0 saturated carbocycles. The molecule has 2 rings (SSSR count). The predicted octanol–water partition coefficient (Wildman–Crippen LogP) is 11.0. The van der Waals surface area contributed by atoms with Crippen LogP contribution in [0.1, 0.15) is 258 Å². The Balaban J connectivity index is 1.73. The van der Waals surface area contributed by atoms with Crippen LogP contribution in [0.4, 0.5) is 0 Å². The van der Waals surface area contributed by atoms with Crippen molar-refractivity contribution in [1.82, 2.24) is 5.32 Å². The summed E-state index contributed by atoms with van der Waals surface area (Å²) >= 11 is 0. The van der Waals surface area contributed by atoms with E-state index < -0.39 is 86.8 Å². The van der Waals surface area contributed by atoms with Crippen LogP contribution in [0, 0.1) is 0 Å². The zero-order chi connectivity index (χ0) is 55.3. The first-order valence-electron chi connectivity index (χ1n) is 31.2. The molecule has 9 N–H and O–H groups in total. The number of hydrogen-bond donors (Lipinski definition) is 9. The first-order chi connectivity index (χ1) is 37.1. The highest BCUT2D eigenvalue weighted by atomic mass is 16.7. The summed E-state index contributed by atoms with van der Waals surface area (Å²) in [5.74, 6) is -0.251.